The van der Waals surface area contributed by atoms with E-state index in [9.17, 15) is 4.79 Å². The van der Waals surface area contributed by atoms with Gasteiger partial charge in [-0.15, -0.1) is 0 Å². The van der Waals surface area contributed by atoms with E-state index in [1.807, 2.05) is 0 Å². The molecule has 2 aliphatic rings. The number of carbonyl (C=O) groups is 1. The van der Waals surface area contributed by atoms with Crippen molar-refractivity contribution in [3.05, 3.63) is 47.0 Å². The second kappa shape index (κ2) is 10.3. The van der Waals surface area contributed by atoms with Crippen LogP contribution in [0.1, 0.15) is 46.8 Å². The lowest BCUT2D eigenvalue weighted by Gasteiger charge is -2.32. The third kappa shape index (κ3) is 4.88. The quantitative estimate of drug-likeness (QED) is 0.658. The Morgan fingerprint density at radius 2 is 1.67 bits per heavy atom. The Bertz CT molecular complexity index is 962. The van der Waals surface area contributed by atoms with Crippen LogP contribution in [0.25, 0.3) is 0 Å². The number of carbonyl (C=O) groups excluding carboxylic acids is 1. The Morgan fingerprint density at radius 3 is 2.30 bits per heavy atom. The number of fused-ring (bicyclic) bond motifs is 1. The van der Waals surface area contributed by atoms with Gasteiger partial charge in [-0.1, -0.05) is 12.1 Å². The maximum Gasteiger partial charge on any atom is 0.251 e. The molecule has 0 radical (unpaired) electrons. The van der Waals surface area contributed by atoms with Gasteiger partial charge in [-0.25, -0.2) is 0 Å². The van der Waals surface area contributed by atoms with E-state index in [0.29, 0.717) is 29.4 Å². The fourth-order valence-electron chi connectivity index (χ4n) is 5.03. The number of anilines is 1. The molecule has 0 saturated carbocycles. The minimum Gasteiger partial charge on any atom is -0.493 e. The van der Waals surface area contributed by atoms with E-state index >= 15 is 0 Å². The van der Waals surface area contributed by atoms with Crippen LogP contribution in [-0.2, 0) is 6.42 Å². The van der Waals surface area contributed by atoms with Crippen LogP contribution in [0.3, 0.4) is 0 Å². The summed E-state index contributed by atoms with van der Waals surface area (Å²) in [5.41, 5.74) is 4.49. The molecule has 33 heavy (non-hydrogen) atoms. The molecule has 1 unspecified atom stereocenters. The molecule has 2 heterocycles. The molecule has 2 aliphatic heterocycles. The zero-order valence-electron chi connectivity index (χ0n) is 20.1. The van der Waals surface area contributed by atoms with E-state index in [0.717, 1.165) is 26.1 Å². The predicted molar refractivity (Wildman–Crippen MR) is 130 cm³/mol. The predicted octanol–water partition coefficient (Wildman–Crippen LogP) is 3.66. The lowest BCUT2D eigenvalue weighted by molar-refractivity contribution is 0.0937. The van der Waals surface area contributed by atoms with Gasteiger partial charge in [0.1, 0.15) is 0 Å². The molecule has 7 nitrogen and oxygen atoms in total. The van der Waals surface area contributed by atoms with Gasteiger partial charge in [-0.2, -0.15) is 0 Å². The highest BCUT2D eigenvalue weighted by atomic mass is 16.5. The van der Waals surface area contributed by atoms with Crippen LogP contribution in [-0.4, -0.2) is 65.4 Å². The van der Waals surface area contributed by atoms with Crippen molar-refractivity contribution >= 4 is 11.6 Å². The van der Waals surface area contributed by atoms with E-state index in [1.54, 1.807) is 33.5 Å². The average molecular weight is 454 g/mol. The molecule has 1 N–H and O–H groups in total. The topological polar surface area (TPSA) is 63.3 Å². The second-order valence-electron chi connectivity index (χ2n) is 8.80. The van der Waals surface area contributed by atoms with Crippen LogP contribution in [0.5, 0.6) is 17.2 Å². The SMILES string of the molecule is COc1cc(C(=O)NCC(c2ccc3c(c2)CCCN3C)N2CCCC2)cc(OC)c1OC. The molecular weight excluding hydrogens is 418 g/mol. The Kier molecular flexibility index (Phi) is 7.28. The molecule has 1 atom stereocenters. The van der Waals surface area contributed by atoms with Gasteiger partial charge in [0.2, 0.25) is 5.75 Å². The van der Waals surface area contributed by atoms with Gasteiger partial charge in [0.25, 0.3) is 5.91 Å². The average Bonchev–Trinajstić information content (AvgIpc) is 3.37. The number of nitrogens with zero attached hydrogens (tertiary/aromatic N) is 2. The van der Waals surface area contributed by atoms with Crippen molar-refractivity contribution in [3.8, 4) is 17.2 Å². The number of amides is 1. The van der Waals surface area contributed by atoms with Crippen LogP contribution in [0.2, 0.25) is 0 Å². The van der Waals surface area contributed by atoms with Crippen LogP contribution in [0, 0.1) is 0 Å². The summed E-state index contributed by atoms with van der Waals surface area (Å²) in [5, 5.41) is 3.16. The largest absolute Gasteiger partial charge is 0.493 e. The standard InChI is InChI=1S/C26H35N3O4/c1-28-11-7-8-18-14-19(9-10-21(18)28)22(29-12-5-6-13-29)17-27-26(30)20-15-23(31-2)25(33-4)24(16-20)32-3/h9-10,14-16,22H,5-8,11-13,17H2,1-4H3,(H,27,30). The summed E-state index contributed by atoms with van der Waals surface area (Å²) in [5.74, 6) is 1.26. The molecule has 0 bridgehead atoms. The first-order chi connectivity index (χ1) is 16.0. The Balaban J connectivity index is 1.55. The van der Waals surface area contributed by atoms with Gasteiger partial charge in [0, 0.05) is 31.4 Å². The lowest BCUT2D eigenvalue weighted by atomic mass is 9.96. The van der Waals surface area contributed by atoms with Gasteiger partial charge in [-0.05, 0) is 68.1 Å². The van der Waals surface area contributed by atoms with Gasteiger partial charge in [0.05, 0.1) is 27.4 Å². The minimum atomic E-state index is -0.156. The first kappa shape index (κ1) is 23.2. The van der Waals surface area contributed by atoms with Crippen LogP contribution >= 0.6 is 0 Å². The molecule has 2 aromatic rings. The van der Waals surface area contributed by atoms with Gasteiger partial charge in [-0.3, -0.25) is 9.69 Å². The van der Waals surface area contributed by atoms with Crippen LogP contribution in [0.4, 0.5) is 5.69 Å². The van der Waals surface area contributed by atoms with E-state index < -0.39 is 0 Å². The van der Waals surface area contributed by atoms with Gasteiger partial charge in [0.15, 0.2) is 11.5 Å². The number of rotatable bonds is 8. The van der Waals surface area contributed by atoms with Gasteiger partial charge >= 0.3 is 0 Å². The van der Waals surface area contributed by atoms with Crippen molar-refractivity contribution in [1.29, 1.82) is 0 Å². The Morgan fingerprint density at radius 1 is 0.970 bits per heavy atom. The number of nitrogens with one attached hydrogen (secondary N) is 1. The maximum absolute atomic E-state index is 13.1. The van der Waals surface area contributed by atoms with Crippen molar-refractivity contribution < 1.29 is 19.0 Å². The maximum atomic E-state index is 13.1. The van der Waals surface area contributed by atoms with Crippen molar-refractivity contribution in [3.63, 3.8) is 0 Å². The summed E-state index contributed by atoms with van der Waals surface area (Å²) in [7, 11) is 6.82. The highest BCUT2D eigenvalue weighted by molar-refractivity contribution is 5.95. The van der Waals surface area contributed by atoms with Gasteiger partial charge < -0.3 is 24.4 Å². The van der Waals surface area contributed by atoms with E-state index in [1.165, 1.54) is 36.1 Å². The number of benzene rings is 2. The van der Waals surface area contributed by atoms with Crippen molar-refractivity contribution in [2.24, 2.45) is 0 Å². The normalized spacial score (nSPS) is 16.8. The number of hydrogen-bond acceptors (Lipinski definition) is 6. The number of hydrogen-bond donors (Lipinski definition) is 1. The number of aryl methyl sites for hydroxylation is 1. The molecule has 1 fully saturated rings. The Hall–Kier alpha value is -2.93. The third-order valence-electron chi connectivity index (χ3n) is 6.80. The van der Waals surface area contributed by atoms with Crippen LogP contribution in [0.15, 0.2) is 30.3 Å². The molecule has 2 aromatic carbocycles. The molecule has 7 heteroatoms. The molecule has 178 valence electrons. The molecule has 0 aromatic heterocycles. The van der Waals surface area contributed by atoms with E-state index in [2.05, 4.69) is 40.4 Å². The van der Waals surface area contributed by atoms with Crippen molar-refractivity contribution in [2.75, 3.05) is 59.5 Å². The minimum absolute atomic E-state index is 0.149. The molecular formula is C26H35N3O4. The molecule has 4 rings (SSSR count). The fourth-order valence-corrected chi connectivity index (χ4v) is 5.03. The summed E-state index contributed by atoms with van der Waals surface area (Å²) in [4.78, 5) is 17.9. The second-order valence-corrected chi connectivity index (χ2v) is 8.80. The lowest BCUT2D eigenvalue weighted by Crippen LogP contribution is -2.37. The number of ether oxygens (including phenoxy) is 3. The first-order valence-corrected chi connectivity index (χ1v) is 11.7. The Labute approximate surface area is 196 Å². The summed E-state index contributed by atoms with van der Waals surface area (Å²) in [6.45, 7) is 3.76. The summed E-state index contributed by atoms with van der Waals surface area (Å²) in [6, 6.07) is 10.4. The molecule has 1 saturated heterocycles. The highest BCUT2D eigenvalue weighted by Gasteiger charge is 2.26. The van der Waals surface area contributed by atoms with Crippen molar-refractivity contribution in [2.45, 2.75) is 31.7 Å². The zero-order valence-corrected chi connectivity index (χ0v) is 20.1. The molecule has 1 amide bonds. The number of methoxy groups -OCH3 is 3. The summed E-state index contributed by atoms with van der Waals surface area (Å²) >= 11 is 0. The summed E-state index contributed by atoms with van der Waals surface area (Å²) in [6.07, 6.45) is 4.69. The molecule has 0 spiro atoms. The fraction of sp³-hybridized carbons (Fsp3) is 0.500. The monoisotopic (exact) mass is 453 g/mol. The smallest absolute Gasteiger partial charge is 0.251 e. The van der Waals surface area contributed by atoms with E-state index in [4.69, 9.17) is 14.2 Å². The third-order valence-corrected chi connectivity index (χ3v) is 6.80. The van der Waals surface area contributed by atoms with Crippen LogP contribution < -0.4 is 24.4 Å². The highest BCUT2D eigenvalue weighted by Crippen LogP contribution is 2.38. The summed E-state index contributed by atoms with van der Waals surface area (Å²) < 4.78 is 16.2. The zero-order chi connectivity index (χ0) is 23.4. The van der Waals surface area contributed by atoms with E-state index in [-0.39, 0.29) is 11.9 Å². The first-order valence-electron chi connectivity index (χ1n) is 11.7. The van der Waals surface area contributed by atoms with Crippen molar-refractivity contribution in [1.82, 2.24) is 10.2 Å². The number of likely N-dealkylation sites (tertiary alicyclic amines) is 1. The molecule has 0 aliphatic carbocycles.